The van der Waals surface area contributed by atoms with E-state index in [1.165, 1.54) is 193 Å². The number of unbranched alkanes of at least 4 members (excludes halogenated alkanes) is 38. The highest BCUT2D eigenvalue weighted by molar-refractivity contribution is 5.71. The Morgan fingerprint density at radius 1 is 0.312 bits per heavy atom. The van der Waals surface area contributed by atoms with Crippen LogP contribution in [0.4, 0.5) is 0 Å². The summed E-state index contributed by atoms with van der Waals surface area (Å²) in [5.41, 5.74) is 0. The van der Waals surface area contributed by atoms with E-state index in [2.05, 4.69) is 45.1 Å². The monoisotopic (exact) mass is 901 g/mol. The molecule has 64 heavy (non-hydrogen) atoms. The molecule has 0 amide bonds. The molecule has 0 rings (SSSR count). The van der Waals surface area contributed by atoms with E-state index in [1.54, 1.807) is 0 Å². The summed E-state index contributed by atoms with van der Waals surface area (Å²) < 4.78 is 16.8. The molecule has 0 bridgehead atoms. The molecular formula is C58H108O6. The van der Waals surface area contributed by atoms with Crippen LogP contribution in [0.3, 0.4) is 0 Å². The van der Waals surface area contributed by atoms with Crippen LogP contribution in [0.2, 0.25) is 0 Å². The van der Waals surface area contributed by atoms with Gasteiger partial charge < -0.3 is 14.2 Å². The van der Waals surface area contributed by atoms with E-state index in [1.807, 2.05) is 0 Å². The first-order chi connectivity index (χ1) is 31.5. The van der Waals surface area contributed by atoms with Crippen molar-refractivity contribution in [1.29, 1.82) is 0 Å². The molecule has 0 radical (unpaired) electrons. The molecule has 1 atom stereocenters. The van der Waals surface area contributed by atoms with Gasteiger partial charge in [-0.1, -0.05) is 270 Å². The predicted molar refractivity (Wildman–Crippen MR) is 275 cm³/mol. The maximum absolute atomic E-state index is 12.8. The van der Waals surface area contributed by atoms with Crippen LogP contribution in [-0.4, -0.2) is 37.2 Å². The van der Waals surface area contributed by atoms with Crippen LogP contribution >= 0.6 is 0 Å². The lowest BCUT2D eigenvalue weighted by atomic mass is 10.0. The molecule has 0 spiro atoms. The average molecular weight is 901 g/mol. The number of allylic oxidation sites excluding steroid dienone is 4. The highest BCUT2D eigenvalue weighted by Gasteiger charge is 2.19. The molecule has 0 N–H and O–H groups in total. The fraction of sp³-hybridized carbons (Fsp3) is 0.879. The van der Waals surface area contributed by atoms with Crippen LogP contribution in [0.25, 0.3) is 0 Å². The minimum absolute atomic E-state index is 0.0726. The number of esters is 3. The largest absolute Gasteiger partial charge is 0.462 e. The number of carbonyl (C=O) groups excluding carboxylic acids is 3. The SMILES string of the molecule is CCCCCCCCC/C=C\C=C/CCCCCCCC(=O)OC(COC(=O)CCCCCCCCCCC)COC(=O)CCCCCCCCCCCCCCCCCCCCC. The molecule has 0 heterocycles. The Morgan fingerprint density at radius 3 is 0.828 bits per heavy atom. The summed E-state index contributed by atoms with van der Waals surface area (Å²) in [6.45, 7) is 6.65. The maximum atomic E-state index is 12.8. The fourth-order valence-electron chi connectivity index (χ4n) is 8.44. The second-order valence-electron chi connectivity index (χ2n) is 19.2. The summed E-state index contributed by atoms with van der Waals surface area (Å²) in [5.74, 6) is -0.872. The van der Waals surface area contributed by atoms with Gasteiger partial charge in [-0.05, 0) is 44.9 Å². The molecule has 0 saturated carbocycles. The summed E-state index contributed by atoms with van der Waals surface area (Å²) in [4.78, 5) is 38.0. The van der Waals surface area contributed by atoms with Gasteiger partial charge in [-0.3, -0.25) is 14.4 Å². The molecule has 6 nitrogen and oxygen atoms in total. The van der Waals surface area contributed by atoms with Crippen molar-refractivity contribution < 1.29 is 28.6 Å². The van der Waals surface area contributed by atoms with Crippen LogP contribution in [0, 0.1) is 0 Å². The average Bonchev–Trinajstić information content (AvgIpc) is 3.29. The van der Waals surface area contributed by atoms with Gasteiger partial charge in [-0.15, -0.1) is 0 Å². The van der Waals surface area contributed by atoms with Crippen molar-refractivity contribution in [1.82, 2.24) is 0 Å². The Hall–Kier alpha value is -2.11. The highest BCUT2D eigenvalue weighted by atomic mass is 16.6. The van der Waals surface area contributed by atoms with Crippen molar-refractivity contribution in [3.8, 4) is 0 Å². The van der Waals surface area contributed by atoms with E-state index < -0.39 is 6.10 Å². The zero-order valence-corrected chi connectivity index (χ0v) is 43.1. The van der Waals surface area contributed by atoms with E-state index in [0.717, 1.165) is 77.0 Å². The van der Waals surface area contributed by atoms with Crippen molar-refractivity contribution in [3.05, 3.63) is 24.3 Å². The molecule has 0 aliphatic carbocycles. The van der Waals surface area contributed by atoms with Gasteiger partial charge in [-0.2, -0.15) is 0 Å². The topological polar surface area (TPSA) is 78.9 Å². The van der Waals surface area contributed by atoms with E-state index in [-0.39, 0.29) is 31.1 Å². The van der Waals surface area contributed by atoms with Gasteiger partial charge in [0.2, 0.25) is 0 Å². The fourth-order valence-corrected chi connectivity index (χ4v) is 8.44. The van der Waals surface area contributed by atoms with E-state index >= 15 is 0 Å². The van der Waals surface area contributed by atoms with Gasteiger partial charge in [0.1, 0.15) is 13.2 Å². The predicted octanol–water partition coefficient (Wildman–Crippen LogP) is 18.7. The van der Waals surface area contributed by atoms with Crippen molar-refractivity contribution >= 4 is 17.9 Å². The third kappa shape index (κ3) is 50.9. The number of rotatable bonds is 52. The van der Waals surface area contributed by atoms with Crippen molar-refractivity contribution in [2.75, 3.05) is 13.2 Å². The lowest BCUT2D eigenvalue weighted by Crippen LogP contribution is -2.30. The first-order valence-corrected chi connectivity index (χ1v) is 28.4. The first kappa shape index (κ1) is 61.9. The molecule has 0 saturated heterocycles. The lowest BCUT2D eigenvalue weighted by Gasteiger charge is -2.18. The Morgan fingerprint density at radius 2 is 0.547 bits per heavy atom. The van der Waals surface area contributed by atoms with Crippen molar-refractivity contribution in [2.45, 2.75) is 316 Å². The molecule has 0 aliphatic rings. The van der Waals surface area contributed by atoms with Crippen molar-refractivity contribution in [2.24, 2.45) is 0 Å². The third-order valence-corrected chi connectivity index (χ3v) is 12.7. The van der Waals surface area contributed by atoms with Gasteiger partial charge in [-0.25, -0.2) is 0 Å². The van der Waals surface area contributed by atoms with Gasteiger partial charge in [0.25, 0.3) is 0 Å². The van der Waals surface area contributed by atoms with Gasteiger partial charge in [0.05, 0.1) is 0 Å². The van der Waals surface area contributed by atoms with Crippen LogP contribution in [0.5, 0.6) is 0 Å². The third-order valence-electron chi connectivity index (χ3n) is 12.7. The first-order valence-electron chi connectivity index (χ1n) is 28.4. The Labute approximate surface area is 398 Å². The standard InChI is InChI=1S/C58H108O6/c1-4-7-10-13-16-19-21-23-25-27-29-31-32-34-36-39-42-45-48-51-57(60)63-54-55(53-62-56(59)50-47-44-41-38-18-15-12-9-6-3)64-58(61)52-49-46-43-40-37-35-33-30-28-26-24-22-20-17-14-11-8-5-2/h26,28,30,33,55H,4-25,27,29,31-32,34-54H2,1-3H3/b28-26-,33-30-. The normalized spacial score (nSPS) is 12.1. The Kier molecular flexibility index (Phi) is 51.7. The van der Waals surface area contributed by atoms with E-state index in [9.17, 15) is 14.4 Å². The number of ether oxygens (including phenoxy) is 3. The summed E-state index contributed by atoms with van der Waals surface area (Å²) >= 11 is 0. The van der Waals surface area contributed by atoms with Crippen molar-refractivity contribution in [3.63, 3.8) is 0 Å². The minimum Gasteiger partial charge on any atom is -0.462 e. The zero-order valence-electron chi connectivity index (χ0n) is 43.1. The molecular weight excluding hydrogens is 793 g/mol. The van der Waals surface area contributed by atoms with Gasteiger partial charge in [0, 0.05) is 19.3 Å². The van der Waals surface area contributed by atoms with E-state index in [0.29, 0.717) is 19.3 Å². The Bertz CT molecular complexity index is 1040. The molecule has 0 fully saturated rings. The van der Waals surface area contributed by atoms with Crippen LogP contribution in [0.1, 0.15) is 310 Å². The second-order valence-corrected chi connectivity index (χ2v) is 19.2. The molecule has 0 aliphatic heterocycles. The highest BCUT2D eigenvalue weighted by Crippen LogP contribution is 2.17. The van der Waals surface area contributed by atoms with Crippen LogP contribution in [-0.2, 0) is 28.6 Å². The number of hydrogen-bond acceptors (Lipinski definition) is 6. The molecule has 1 unspecified atom stereocenters. The summed E-state index contributed by atoms with van der Waals surface area (Å²) in [5, 5.41) is 0. The lowest BCUT2D eigenvalue weighted by molar-refractivity contribution is -0.167. The maximum Gasteiger partial charge on any atom is 0.306 e. The Balaban J connectivity index is 4.26. The van der Waals surface area contributed by atoms with Gasteiger partial charge in [0.15, 0.2) is 6.10 Å². The zero-order chi connectivity index (χ0) is 46.5. The number of carbonyl (C=O) groups is 3. The quantitative estimate of drug-likeness (QED) is 0.0262. The van der Waals surface area contributed by atoms with E-state index in [4.69, 9.17) is 14.2 Å². The molecule has 6 heteroatoms. The second kappa shape index (κ2) is 53.5. The van der Waals surface area contributed by atoms with Gasteiger partial charge >= 0.3 is 17.9 Å². The molecule has 0 aromatic rings. The smallest absolute Gasteiger partial charge is 0.306 e. The summed E-state index contributed by atoms with van der Waals surface area (Å²) in [7, 11) is 0. The minimum atomic E-state index is -0.773. The van der Waals surface area contributed by atoms with Crippen LogP contribution in [0.15, 0.2) is 24.3 Å². The number of hydrogen-bond donors (Lipinski definition) is 0. The molecule has 0 aromatic carbocycles. The molecule has 376 valence electrons. The summed E-state index contributed by atoms with van der Waals surface area (Å²) in [6, 6.07) is 0. The summed E-state index contributed by atoms with van der Waals surface area (Å²) in [6.07, 6.45) is 61.8. The molecule has 0 aromatic heterocycles. The van der Waals surface area contributed by atoms with Crippen LogP contribution < -0.4 is 0 Å².